The van der Waals surface area contributed by atoms with E-state index in [1.54, 1.807) is 13.0 Å². The van der Waals surface area contributed by atoms with Gasteiger partial charge in [0.25, 0.3) is 0 Å². The van der Waals surface area contributed by atoms with Crippen LogP contribution in [-0.4, -0.2) is 0 Å². The Morgan fingerprint density at radius 3 is 2.38 bits per heavy atom. The van der Waals surface area contributed by atoms with Crippen LogP contribution < -0.4 is 4.57 Å². The highest BCUT2D eigenvalue weighted by Gasteiger charge is 2.29. The molecule has 0 N–H and O–H groups in total. The summed E-state index contributed by atoms with van der Waals surface area (Å²) in [6.45, 7) is 8.20. The number of aryl methyl sites for hydroxylation is 2. The van der Waals surface area contributed by atoms with E-state index in [1.165, 1.54) is 42.5 Å². The van der Waals surface area contributed by atoms with Crippen LogP contribution in [0.15, 0.2) is 58.9 Å². The number of hydrogen-bond acceptors (Lipinski definition) is 2. The molecule has 1 aliphatic carbocycles. The van der Waals surface area contributed by atoms with Crippen LogP contribution in [0.2, 0.25) is 0 Å². The molecule has 1 aliphatic rings. The fourth-order valence-corrected chi connectivity index (χ4v) is 6.23. The molecule has 0 atom stereocenters. The Labute approximate surface area is 226 Å². The van der Waals surface area contributed by atoms with Crippen molar-refractivity contribution in [3.8, 4) is 28.5 Å². The summed E-state index contributed by atoms with van der Waals surface area (Å²) in [4.78, 5) is 0. The van der Waals surface area contributed by atoms with E-state index in [1.807, 2.05) is 12.1 Å². The van der Waals surface area contributed by atoms with Crippen molar-refractivity contribution in [1.82, 2.24) is 0 Å². The van der Waals surface area contributed by atoms with Crippen LogP contribution in [0, 0.1) is 39.0 Å². The van der Waals surface area contributed by atoms with E-state index in [4.69, 9.17) is 11.3 Å². The van der Waals surface area contributed by atoms with Crippen molar-refractivity contribution in [3.63, 3.8) is 0 Å². The number of aromatic nitrogens is 1. The van der Waals surface area contributed by atoms with Crippen molar-refractivity contribution < 1.29 is 15.8 Å². The average Bonchev–Trinajstić information content (AvgIpc) is 3.64. The lowest BCUT2D eigenvalue weighted by Gasteiger charge is -2.16. The molecule has 6 rings (SSSR count). The van der Waals surface area contributed by atoms with Gasteiger partial charge in [-0.2, -0.15) is 9.83 Å². The topological polar surface area (TPSA) is 40.8 Å². The molecule has 2 aromatic heterocycles. The van der Waals surface area contributed by atoms with Crippen LogP contribution >= 0.6 is 0 Å². The molecule has 1 saturated carbocycles. The summed E-state index contributed by atoms with van der Waals surface area (Å²) in [5.41, 5.74) is 9.36. The van der Waals surface area contributed by atoms with Crippen LogP contribution in [0.1, 0.15) is 72.0 Å². The van der Waals surface area contributed by atoms with Gasteiger partial charge in [0.2, 0.25) is 5.69 Å². The maximum absolute atomic E-state index is 10.2. The van der Waals surface area contributed by atoms with Crippen molar-refractivity contribution in [2.45, 2.75) is 59.3 Å². The van der Waals surface area contributed by atoms with Crippen LogP contribution in [0.3, 0.4) is 0 Å². The first-order valence-electron chi connectivity index (χ1n) is 15.4. The molecule has 37 heavy (non-hydrogen) atoms. The third kappa shape index (κ3) is 3.58. The van der Waals surface area contributed by atoms with Gasteiger partial charge in [-0.1, -0.05) is 55.2 Å². The van der Waals surface area contributed by atoms with Gasteiger partial charge in [0.05, 0.1) is 24.0 Å². The number of nitrogens with zero attached hydrogens (tertiary/aromatic N) is 2. The zero-order valence-electron chi connectivity index (χ0n) is 27.0. The highest BCUT2D eigenvalue weighted by Crippen LogP contribution is 2.44. The molecule has 0 saturated heterocycles. The SMILES string of the molecule is [2H]c1c([2H])c([2H])c(-c2c(C)cc(C#N)c3c2oc2c(-c4cc(C5CCCC5)c(C)c(C)[n+]4C)c(C)ccc23)c([2H])c1[2H]. The second kappa shape index (κ2) is 8.89. The number of nitriles is 1. The first-order valence-corrected chi connectivity index (χ1v) is 12.9. The number of rotatable bonds is 3. The molecule has 0 amide bonds. The van der Waals surface area contributed by atoms with E-state index in [0.717, 1.165) is 22.2 Å². The molecule has 0 radical (unpaired) electrons. The van der Waals surface area contributed by atoms with E-state index in [-0.39, 0.29) is 17.6 Å². The number of furan rings is 1. The van der Waals surface area contributed by atoms with Gasteiger partial charge in [0.1, 0.15) is 18.2 Å². The molecule has 3 nitrogen and oxygen atoms in total. The third-order valence-corrected chi connectivity index (χ3v) is 8.37. The maximum Gasteiger partial charge on any atom is 0.216 e. The summed E-state index contributed by atoms with van der Waals surface area (Å²) in [6.07, 6.45) is 4.86. The standard InChI is InChI=1S/C34H33N2O/c1-20-15-16-27-32-26(19-35)17-21(2)30(25-13-7-6-8-14-25)34(32)37-33(27)31(20)29-18-28(24-11-9-10-12-24)22(3)23(4)36(29)5/h6-8,13-18,24H,9-12H2,1-5H3/q+1/i6D,7D,8D,13D,14D. The Balaban J connectivity index is 1.76. The lowest BCUT2D eigenvalue weighted by molar-refractivity contribution is -0.667. The number of hydrogen-bond donors (Lipinski definition) is 0. The van der Waals surface area contributed by atoms with E-state index in [2.05, 4.69) is 44.5 Å². The van der Waals surface area contributed by atoms with Crippen molar-refractivity contribution in [2.75, 3.05) is 0 Å². The predicted octanol–water partition coefficient (Wildman–Crippen LogP) is 8.51. The minimum Gasteiger partial charge on any atom is -0.454 e. The number of pyridine rings is 1. The van der Waals surface area contributed by atoms with Crippen molar-refractivity contribution in [2.24, 2.45) is 7.05 Å². The fraction of sp³-hybridized carbons (Fsp3) is 0.294. The van der Waals surface area contributed by atoms with Crippen LogP contribution in [0.25, 0.3) is 44.3 Å². The van der Waals surface area contributed by atoms with Gasteiger partial charge in [0.15, 0.2) is 5.69 Å². The molecular weight excluding hydrogens is 452 g/mol. The smallest absolute Gasteiger partial charge is 0.216 e. The van der Waals surface area contributed by atoms with E-state index >= 15 is 0 Å². The molecule has 184 valence electrons. The Hall–Kier alpha value is -3.90. The average molecular weight is 491 g/mol. The number of benzene rings is 3. The summed E-state index contributed by atoms with van der Waals surface area (Å²) in [5, 5.41) is 11.5. The van der Waals surface area contributed by atoms with Gasteiger partial charge >= 0.3 is 0 Å². The van der Waals surface area contributed by atoms with Gasteiger partial charge in [-0.25, -0.2) is 0 Å². The van der Waals surface area contributed by atoms with Gasteiger partial charge in [-0.05, 0) is 67.9 Å². The van der Waals surface area contributed by atoms with E-state index < -0.39 is 18.1 Å². The molecule has 0 bridgehead atoms. The lowest BCUT2D eigenvalue weighted by Crippen LogP contribution is -2.36. The summed E-state index contributed by atoms with van der Waals surface area (Å²) in [6, 6.07) is 8.49. The first kappa shape index (κ1) is 18.4. The van der Waals surface area contributed by atoms with Crippen molar-refractivity contribution in [3.05, 3.63) is 88.0 Å². The lowest BCUT2D eigenvalue weighted by atomic mass is 9.90. The normalized spacial score (nSPS) is 15.9. The van der Waals surface area contributed by atoms with Gasteiger partial charge < -0.3 is 4.42 Å². The molecule has 1 fully saturated rings. The molecule has 0 aliphatic heterocycles. The Kier molecular flexibility index (Phi) is 4.41. The van der Waals surface area contributed by atoms with Crippen LogP contribution in [0.4, 0.5) is 0 Å². The first-order chi connectivity index (χ1) is 20.0. The predicted molar refractivity (Wildman–Crippen MR) is 151 cm³/mol. The Morgan fingerprint density at radius 2 is 1.68 bits per heavy atom. The maximum atomic E-state index is 10.2. The molecule has 0 unspecified atom stereocenters. The summed E-state index contributed by atoms with van der Waals surface area (Å²) in [5.74, 6) is 0.530. The zero-order chi connectivity index (χ0) is 30.2. The van der Waals surface area contributed by atoms with Gasteiger partial charge in [-0.3, -0.25) is 0 Å². The van der Waals surface area contributed by atoms with Crippen LogP contribution in [-0.2, 0) is 7.05 Å². The minimum atomic E-state index is -0.445. The molecule has 3 heteroatoms. The zero-order valence-corrected chi connectivity index (χ0v) is 22.0. The summed E-state index contributed by atoms with van der Waals surface area (Å²) >= 11 is 0. The monoisotopic (exact) mass is 490 g/mol. The van der Waals surface area contributed by atoms with Crippen molar-refractivity contribution >= 4 is 21.9 Å². The summed E-state index contributed by atoms with van der Waals surface area (Å²) < 4.78 is 51.0. The molecule has 5 aromatic rings. The summed E-state index contributed by atoms with van der Waals surface area (Å²) in [7, 11) is 2.07. The molecular formula is C34H33N2O+. The second-order valence-corrected chi connectivity index (χ2v) is 10.4. The molecule has 0 spiro atoms. The van der Waals surface area contributed by atoms with Crippen LogP contribution in [0.5, 0.6) is 0 Å². The molecule has 3 aromatic carbocycles. The highest BCUT2D eigenvalue weighted by atomic mass is 16.3. The second-order valence-electron chi connectivity index (χ2n) is 10.4. The number of fused-ring (bicyclic) bond motifs is 3. The third-order valence-electron chi connectivity index (χ3n) is 8.37. The molecule has 2 heterocycles. The van der Waals surface area contributed by atoms with E-state index in [0.29, 0.717) is 39.2 Å². The fourth-order valence-electron chi connectivity index (χ4n) is 6.23. The Bertz CT molecular complexity index is 1980. The van der Waals surface area contributed by atoms with Gasteiger partial charge in [0, 0.05) is 34.9 Å². The Morgan fingerprint density at radius 1 is 0.946 bits per heavy atom. The quantitative estimate of drug-likeness (QED) is 0.238. The van der Waals surface area contributed by atoms with Crippen molar-refractivity contribution in [1.29, 1.82) is 5.26 Å². The highest BCUT2D eigenvalue weighted by molar-refractivity contribution is 6.15. The minimum absolute atomic E-state index is 0.0746. The largest absolute Gasteiger partial charge is 0.454 e. The van der Waals surface area contributed by atoms with E-state index in [9.17, 15) is 5.26 Å². The van der Waals surface area contributed by atoms with Gasteiger partial charge in [-0.15, -0.1) is 0 Å².